The number of unbranched alkanes of at least 4 members (excludes halogenated alkanes) is 9. The van der Waals surface area contributed by atoms with E-state index in [-0.39, 0.29) is 0 Å². The van der Waals surface area contributed by atoms with Crippen molar-refractivity contribution in [3.05, 3.63) is 45.3 Å². The minimum atomic E-state index is -1.85. The molecule has 2 amide bonds. The molecule has 3 fully saturated rings. The Labute approximate surface area is 329 Å². The first-order chi connectivity index (χ1) is 27.2. The number of aliphatic hydroxyl groups excluding tert-OH is 8. The molecule has 0 spiro atoms. The molecule has 0 aromatic carbocycles. The highest BCUT2D eigenvalue weighted by Crippen LogP contribution is 2.34. The van der Waals surface area contributed by atoms with Crippen LogP contribution in [0.1, 0.15) is 90.7 Å². The molecule has 4 rings (SSSR count). The molecule has 20 nitrogen and oxygen atoms in total. The zero-order chi connectivity index (χ0) is 41.8. The van der Waals surface area contributed by atoms with Crippen LogP contribution in [0.3, 0.4) is 0 Å². The van der Waals surface area contributed by atoms with Crippen LogP contribution in [-0.4, -0.2) is 155 Å². The third-order valence-electron chi connectivity index (χ3n) is 10.5. The number of rotatable bonds is 20. The lowest BCUT2D eigenvalue weighted by molar-refractivity contribution is -0.346. The van der Waals surface area contributed by atoms with Crippen LogP contribution in [0.25, 0.3) is 0 Å². The molecule has 11 N–H and O–H groups in total. The van der Waals surface area contributed by atoms with E-state index in [4.69, 9.17) is 18.9 Å². The number of aromatic nitrogens is 2. The smallest absolute Gasteiger partial charge is 0.330 e. The van der Waals surface area contributed by atoms with Crippen LogP contribution in [0.2, 0.25) is 0 Å². The molecule has 57 heavy (non-hydrogen) atoms. The zero-order valence-corrected chi connectivity index (χ0v) is 32.2. The fourth-order valence-electron chi connectivity index (χ4n) is 7.32. The Morgan fingerprint density at radius 2 is 1.40 bits per heavy atom. The summed E-state index contributed by atoms with van der Waals surface area (Å²) >= 11 is 0. The average Bonchev–Trinajstić information content (AvgIpc) is 3.46. The highest BCUT2D eigenvalue weighted by Gasteiger charge is 2.53. The summed E-state index contributed by atoms with van der Waals surface area (Å²) in [6.45, 7) is 2.52. The molecule has 0 unspecified atom stereocenters. The number of amides is 2. The molecule has 3 saturated heterocycles. The van der Waals surface area contributed by atoms with E-state index in [1.807, 2.05) is 4.98 Å². The molecule has 0 saturated carbocycles. The van der Waals surface area contributed by atoms with Gasteiger partial charge < -0.3 is 70.4 Å². The minimum Gasteiger partial charge on any atom is -0.394 e. The Morgan fingerprint density at radius 1 is 0.825 bits per heavy atom. The van der Waals surface area contributed by atoms with Gasteiger partial charge in [0.2, 0.25) is 11.8 Å². The van der Waals surface area contributed by atoms with Gasteiger partial charge in [-0.15, -0.1) is 0 Å². The highest BCUT2D eigenvalue weighted by atomic mass is 16.8. The van der Waals surface area contributed by atoms with E-state index in [1.165, 1.54) is 38.2 Å². The lowest BCUT2D eigenvalue weighted by atomic mass is 9.91. The van der Waals surface area contributed by atoms with Crippen LogP contribution in [0.15, 0.2) is 34.0 Å². The van der Waals surface area contributed by atoms with Crippen LogP contribution in [0.4, 0.5) is 0 Å². The molecule has 0 radical (unpaired) electrons. The number of allylic oxidation sites excluding steroid dienone is 1. The topological polar surface area (TPSA) is 312 Å². The standard InChI is InChI=1S/C37H60N4O16/c1-3-4-5-6-7-8-9-10-11-12-13-14-23(45)39-26-30(50)27(47)21(54-36(26)57-35-25(38-19(2)43)29(49)28(48)22(18-42)55-35)17-20(44)33-31(51)32(52)34(56-33)41-16-15-24(46)40-37(41)53/h13-16,20-22,25-36,42,44,47-52H,3-12,17-18H2,1-2H3,(H,38,43)(H,39,45)(H,40,46,53)/b14-13+/t20-,21-,22-,25-,26-,27+,28-,29-,30-,31+,32-,33-,34-,35-,36+/m0/s1. The lowest BCUT2D eigenvalue weighted by Gasteiger charge is -2.47. The number of aromatic amines is 1. The van der Waals surface area contributed by atoms with E-state index in [2.05, 4.69) is 17.6 Å². The van der Waals surface area contributed by atoms with Crippen LogP contribution >= 0.6 is 0 Å². The van der Waals surface area contributed by atoms with Crippen molar-refractivity contribution >= 4 is 11.8 Å². The molecular formula is C37H60N4O16. The van der Waals surface area contributed by atoms with E-state index in [1.54, 1.807) is 6.08 Å². The van der Waals surface area contributed by atoms with E-state index in [0.29, 0.717) is 6.42 Å². The molecule has 0 aliphatic carbocycles. The number of ether oxygens (including phenoxy) is 4. The molecule has 4 heterocycles. The van der Waals surface area contributed by atoms with E-state index in [0.717, 1.165) is 49.4 Å². The first-order valence-corrected chi connectivity index (χ1v) is 19.7. The molecule has 1 aromatic rings. The second-order valence-electron chi connectivity index (χ2n) is 14.9. The normalized spacial score (nSPS) is 35.0. The first kappa shape index (κ1) is 46.6. The van der Waals surface area contributed by atoms with Crippen molar-refractivity contribution in [2.75, 3.05) is 6.61 Å². The number of hydrogen-bond donors (Lipinski definition) is 11. The maximum Gasteiger partial charge on any atom is 0.330 e. The molecule has 1 aromatic heterocycles. The second-order valence-corrected chi connectivity index (χ2v) is 14.9. The molecular weight excluding hydrogens is 756 g/mol. The minimum absolute atomic E-state index is 0.597. The molecule has 324 valence electrons. The Morgan fingerprint density at radius 3 is 2.00 bits per heavy atom. The van der Waals surface area contributed by atoms with Gasteiger partial charge in [0.1, 0.15) is 60.9 Å². The predicted molar refractivity (Wildman–Crippen MR) is 198 cm³/mol. The van der Waals surface area contributed by atoms with Crippen molar-refractivity contribution in [1.82, 2.24) is 20.2 Å². The van der Waals surface area contributed by atoms with Crippen LogP contribution in [0.5, 0.6) is 0 Å². The van der Waals surface area contributed by atoms with Crippen molar-refractivity contribution in [3.63, 3.8) is 0 Å². The van der Waals surface area contributed by atoms with Crippen LogP contribution in [-0.2, 0) is 28.5 Å². The lowest BCUT2D eigenvalue weighted by Crippen LogP contribution is -2.68. The van der Waals surface area contributed by atoms with Crippen LogP contribution in [0, 0.1) is 0 Å². The number of nitrogens with one attached hydrogen (secondary N) is 3. The molecule has 15 atom stereocenters. The Hall–Kier alpha value is -3.12. The molecule has 3 aliphatic heterocycles. The summed E-state index contributed by atoms with van der Waals surface area (Å²) in [5.41, 5.74) is -1.68. The molecule has 20 heteroatoms. The number of nitrogens with zero attached hydrogens (tertiary/aromatic N) is 1. The van der Waals surface area contributed by atoms with Gasteiger partial charge in [-0.25, -0.2) is 4.79 Å². The third-order valence-corrected chi connectivity index (χ3v) is 10.5. The summed E-state index contributed by atoms with van der Waals surface area (Å²) in [4.78, 5) is 51.0. The summed E-state index contributed by atoms with van der Waals surface area (Å²) in [6, 6.07) is -2.01. The number of carbonyl (C=O) groups is 2. The fourth-order valence-corrected chi connectivity index (χ4v) is 7.32. The second kappa shape index (κ2) is 22.3. The fraction of sp³-hybridized carbons (Fsp3) is 0.784. The largest absolute Gasteiger partial charge is 0.394 e. The van der Waals surface area contributed by atoms with Crippen molar-refractivity contribution in [1.29, 1.82) is 0 Å². The SMILES string of the molecule is CCCCCCCCCCC/C=C/C(=O)N[C@@H]1[C@@H](O[C@@H]2O[C@@H](CO)[C@H](O)[C@@H](O)[C@@H]2NC(C)=O)O[C@@H](C[C@H](O)[C@@H]2O[C@H](n3ccc(=O)[nH]c3=O)[C@@H](O)[C@H]2O)[C@@H](O)[C@H]1O. The van der Waals surface area contributed by atoms with Gasteiger partial charge in [-0.05, 0) is 18.9 Å². The maximum atomic E-state index is 13.1. The summed E-state index contributed by atoms with van der Waals surface area (Å²) in [6.07, 6.45) is -7.70. The van der Waals surface area contributed by atoms with Crippen molar-refractivity contribution in [2.24, 2.45) is 0 Å². The van der Waals surface area contributed by atoms with E-state index in [9.17, 15) is 60.0 Å². The summed E-state index contributed by atoms with van der Waals surface area (Å²) in [5, 5.41) is 91.3. The van der Waals surface area contributed by atoms with Gasteiger partial charge in [-0.2, -0.15) is 0 Å². The zero-order valence-electron chi connectivity index (χ0n) is 32.2. The van der Waals surface area contributed by atoms with Gasteiger partial charge in [0, 0.05) is 25.6 Å². The number of carbonyl (C=O) groups excluding carboxylic acids is 2. The average molecular weight is 817 g/mol. The van der Waals surface area contributed by atoms with Gasteiger partial charge in [-0.3, -0.25) is 23.9 Å². The van der Waals surface area contributed by atoms with Crippen molar-refractivity contribution < 1.29 is 69.4 Å². The first-order valence-electron chi connectivity index (χ1n) is 19.7. The van der Waals surface area contributed by atoms with Crippen molar-refractivity contribution in [2.45, 2.75) is 176 Å². The maximum absolute atomic E-state index is 13.1. The summed E-state index contributed by atoms with van der Waals surface area (Å²) in [7, 11) is 0. The summed E-state index contributed by atoms with van der Waals surface area (Å²) in [5.74, 6) is -1.35. The number of hydrogen-bond acceptors (Lipinski definition) is 16. The number of aliphatic hydroxyl groups is 8. The van der Waals surface area contributed by atoms with Gasteiger partial charge in [0.25, 0.3) is 5.56 Å². The number of H-pyrrole nitrogens is 1. The summed E-state index contributed by atoms with van der Waals surface area (Å²) < 4.78 is 24.1. The van der Waals surface area contributed by atoms with Gasteiger partial charge >= 0.3 is 5.69 Å². The van der Waals surface area contributed by atoms with E-state index < -0.39 is 128 Å². The molecule has 3 aliphatic rings. The molecule has 0 bridgehead atoms. The quantitative estimate of drug-likeness (QED) is 0.0470. The van der Waals surface area contributed by atoms with Crippen LogP contribution < -0.4 is 21.9 Å². The highest BCUT2D eigenvalue weighted by molar-refractivity contribution is 5.87. The monoisotopic (exact) mass is 816 g/mol. The Bertz CT molecular complexity index is 1560. The third kappa shape index (κ3) is 12.4. The van der Waals surface area contributed by atoms with Gasteiger partial charge in [0.05, 0.1) is 18.8 Å². The Kier molecular flexibility index (Phi) is 18.2. The Balaban J connectivity index is 1.48. The predicted octanol–water partition coefficient (Wildman–Crippen LogP) is -2.72. The van der Waals surface area contributed by atoms with Gasteiger partial charge in [0.15, 0.2) is 18.8 Å². The van der Waals surface area contributed by atoms with Crippen molar-refractivity contribution in [3.8, 4) is 0 Å². The van der Waals surface area contributed by atoms with Gasteiger partial charge in [-0.1, -0.05) is 64.4 Å². The van der Waals surface area contributed by atoms with E-state index >= 15 is 0 Å².